The highest BCUT2D eigenvalue weighted by Gasteiger charge is 2.33. The van der Waals surface area contributed by atoms with Crippen molar-refractivity contribution in [3.05, 3.63) is 74.5 Å². The van der Waals surface area contributed by atoms with Crippen LogP contribution in [-0.4, -0.2) is 70.7 Å². The van der Waals surface area contributed by atoms with Crippen molar-refractivity contribution in [2.75, 3.05) is 39.3 Å². The molecule has 2 aromatic carbocycles. The number of nitrogens with zero attached hydrogens (tertiary/aromatic N) is 4. The number of nitro benzene ring substituents is 1. The van der Waals surface area contributed by atoms with E-state index in [0.717, 1.165) is 18.4 Å². The molecule has 2 aliphatic rings. The van der Waals surface area contributed by atoms with Crippen LogP contribution in [0.5, 0.6) is 0 Å². The Kier molecular flexibility index (Phi) is 7.43. The summed E-state index contributed by atoms with van der Waals surface area (Å²) in [6.07, 6.45) is 1.84. The lowest BCUT2D eigenvalue weighted by atomic mass is 10.1. The van der Waals surface area contributed by atoms with Crippen LogP contribution in [-0.2, 0) is 11.3 Å². The summed E-state index contributed by atoms with van der Waals surface area (Å²) in [5.74, 6) is -0.306. The van der Waals surface area contributed by atoms with Crippen LogP contribution in [0.3, 0.4) is 0 Å². The molecule has 0 unspecified atom stereocenters. The molecule has 10 heteroatoms. The highest BCUT2D eigenvalue weighted by Crippen LogP contribution is 2.31. The van der Waals surface area contributed by atoms with Gasteiger partial charge in [0.05, 0.1) is 15.5 Å². The van der Waals surface area contributed by atoms with Gasteiger partial charge in [-0.25, -0.2) is 4.39 Å². The number of rotatable bonds is 8. The number of piperazine rings is 1. The van der Waals surface area contributed by atoms with E-state index < -0.39 is 4.92 Å². The number of hydrogen-bond donors (Lipinski definition) is 0. The first kappa shape index (κ1) is 24.1. The Bertz CT molecular complexity index is 1070. The van der Waals surface area contributed by atoms with Crippen molar-refractivity contribution in [1.82, 2.24) is 14.7 Å². The molecule has 0 aromatic heterocycles. The maximum Gasteiger partial charge on any atom is 0.270 e. The molecule has 0 bridgehead atoms. The van der Waals surface area contributed by atoms with E-state index in [4.69, 9.17) is 11.6 Å². The maximum absolute atomic E-state index is 13.2. The molecular weight excluding hydrogens is 463 g/mol. The zero-order chi connectivity index (χ0) is 24.2. The molecule has 0 spiro atoms. The van der Waals surface area contributed by atoms with Gasteiger partial charge in [-0.2, -0.15) is 0 Å². The van der Waals surface area contributed by atoms with E-state index in [-0.39, 0.29) is 39.8 Å². The summed E-state index contributed by atoms with van der Waals surface area (Å²) in [7, 11) is 0. The van der Waals surface area contributed by atoms with Crippen molar-refractivity contribution in [2.45, 2.75) is 19.4 Å². The molecule has 1 saturated heterocycles. The van der Waals surface area contributed by atoms with E-state index in [9.17, 15) is 24.1 Å². The Hall–Kier alpha value is -3.04. The number of halogens is 2. The van der Waals surface area contributed by atoms with Gasteiger partial charge >= 0.3 is 0 Å². The third-order valence-corrected chi connectivity index (χ3v) is 6.58. The van der Waals surface area contributed by atoms with Crippen molar-refractivity contribution < 1.29 is 18.9 Å². The second-order valence-electron chi connectivity index (χ2n) is 8.72. The van der Waals surface area contributed by atoms with Gasteiger partial charge in [0.15, 0.2) is 0 Å². The average Bonchev–Trinajstić information content (AvgIpc) is 3.68. The van der Waals surface area contributed by atoms with E-state index in [2.05, 4.69) is 4.90 Å². The molecule has 34 heavy (non-hydrogen) atoms. The first-order chi connectivity index (χ1) is 16.3. The molecule has 1 aliphatic carbocycles. The first-order valence-electron chi connectivity index (χ1n) is 11.3. The lowest BCUT2D eigenvalue weighted by molar-refractivity contribution is -0.384. The maximum atomic E-state index is 13.2. The van der Waals surface area contributed by atoms with Crippen molar-refractivity contribution in [2.24, 2.45) is 5.92 Å². The monoisotopic (exact) mass is 488 g/mol. The normalized spacial score (nSPS) is 16.4. The molecule has 0 atom stereocenters. The van der Waals surface area contributed by atoms with Crippen LogP contribution in [0.1, 0.15) is 28.8 Å². The van der Waals surface area contributed by atoms with Crippen LogP contribution < -0.4 is 0 Å². The van der Waals surface area contributed by atoms with Gasteiger partial charge in [0, 0.05) is 63.9 Å². The molecule has 1 aliphatic heterocycles. The fourth-order valence-corrected chi connectivity index (χ4v) is 4.32. The number of non-ortho nitro benzene ring substituents is 1. The van der Waals surface area contributed by atoms with Crippen molar-refractivity contribution in [1.29, 1.82) is 0 Å². The summed E-state index contributed by atoms with van der Waals surface area (Å²) in [4.78, 5) is 41.7. The molecule has 2 fully saturated rings. The predicted octanol–water partition coefficient (Wildman–Crippen LogP) is 3.58. The van der Waals surface area contributed by atoms with Gasteiger partial charge in [0.25, 0.3) is 11.6 Å². The Morgan fingerprint density at radius 2 is 1.76 bits per heavy atom. The zero-order valence-corrected chi connectivity index (χ0v) is 19.4. The topological polar surface area (TPSA) is 87.0 Å². The highest BCUT2D eigenvalue weighted by atomic mass is 35.5. The molecule has 2 aromatic rings. The molecule has 4 rings (SSSR count). The summed E-state index contributed by atoms with van der Waals surface area (Å²) in [5.41, 5.74) is 0.990. The Balaban J connectivity index is 1.31. The SMILES string of the molecule is O=C(c1ccc([N+](=O)[O-])cc1Cl)N1CCN(CCN(Cc2ccc(F)cc2)C(=O)C2CC2)CC1. The van der Waals surface area contributed by atoms with Crippen molar-refractivity contribution in [3.8, 4) is 0 Å². The van der Waals surface area contributed by atoms with Gasteiger partial charge < -0.3 is 9.80 Å². The van der Waals surface area contributed by atoms with Gasteiger partial charge in [0.1, 0.15) is 5.82 Å². The van der Waals surface area contributed by atoms with Crippen LogP contribution in [0.15, 0.2) is 42.5 Å². The fourth-order valence-electron chi connectivity index (χ4n) is 4.06. The van der Waals surface area contributed by atoms with Crippen LogP contribution in [0.2, 0.25) is 5.02 Å². The molecule has 0 radical (unpaired) electrons. The van der Waals surface area contributed by atoms with Crippen molar-refractivity contribution >= 4 is 29.1 Å². The average molecular weight is 489 g/mol. The molecule has 2 amide bonds. The van der Waals surface area contributed by atoms with Gasteiger partial charge in [-0.3, -0.25) is 24.6 Å². The van der Waals surface area contributed by atoms with E-state index >= 15 is 0 Å². The Labute approximate surface area is 202 Å². The number of carbonyl (C=O) groups excluding carboxylic acids is 2. The summed E-state index contributed by atoms with van der Waals surface area (Å²) in [6.45, 7) is 4.00. The second-order valence-corrected chi connectivity index (χ2v) is 9.12. The molecule has 1 saturated carbocycles. The molecule has 0 N–H and O–H groups in total. The smallest absolute Gasteiger partial charge is 0.270 e. The fraction of sp³-hybridized carbons (Fsp3) is 0.417. The minimum atomic E-state index is -0.549. The van der Waals surface area contributed by atoms with E-state index in [1.165, 1.54) is 30.3 Å². The Morgan fingerprint density at radius 1 is 1.09 bits per heavy atom. The standard InChI is InChI=1S/C24H26ClFN4O4/c25-22-15-20(30(33)34)7-8-21(22)24(32)28-12-9-27(10-13-28)11-14-29(23(31)18-3-4-18)16-17-1-5-19(26)6-2-17/h1-2,5-8,15,18H,3-4,9-14,16H2. The van der Waals surface area contributed by atoms with E-state index in [0.29, 0.717) is 45.8 Å². The number of carbonyl (C=O) groups is 2. The molecule has 180 valence electrons. The highest BCUT2D eigenvalue weighted by molar-refractivity contribution is 6.34. The molecular formula is C24H26ClFN4O4. The van der Waals surface area contributed by atoms with E-state index in [1.807, 2.05) is 4.90 Å². The first-order valence-corrected chi connectivity index (χ1v) is 11.7. The number of hydrogen-bond acceptors (Lipinski definition) is 5. The van der Waals surface area contributed by atoms with Gasteiger partial charge in [-0.1, -0.05) is 23.7 Å². The van der Waals surface area contributed by atoms with Gasteiger partial charge in [0.2, 0.25) is 5.91 Å². The zero-order valence-electron chi connectivity index (χ0n) is 18.7. The third-order valence-electron chi connectivity index (χ3n) is 6.26. The number of nitro groups is 1. The van der Waals surface area contributed by atoms with E-state index in [1.54, 1.807) is 17.0 Å². The number of benzene rings is 2. The Morgan fingerprint density at radius 3 is 2.35 bits per heavy atom. The third kappa shape index (κ3) is 5.90. The second kappa shape index (κ2) is 10.5. The van der Waals surface area contributed by atoms with Crippen LogP contribution >= 0.6 is 11.6 Å². The van der Waals surface area contributed by atoms with Crippen LogP contribution in [0, 0.1) is 21.8 Å². The van der Waals surface area contributed by atoms with Crippen LogP contribution in [0.25, 0.3) is 0 Å². The largest absolute Gasteiger partial charge is 0.337 e. The summed E-state index contributed by atoms with van der Waals surface area (Å²) in [5, 5.41) is 11.0. The van der Waals surface area contributed by atoms with Gasteiger partial charge in [-0.05, 0) is 36.6 Å². The predicted molar refractivity (Wildman–Crippen MR) is 125 cm³/mol. The van der Waals surface area contributed by atoms with Crippen molar-refractivity contribution in [3.63, 3.8) is 0 Å². The minimum absolute atomic E-state index is 0.0663. The summed E-state index contributed by atoms with van der Waals surface area (Å²) < 4.78 is 13.2. The minimum Gasteiger partial charge on any atom is -0.337 e. The number of amides is 2. The van der Waals surface area contributed by atoms with Crippen LogP contribution in [0.4, 0.5) is 10.1 Å². The lowest BCUT2D eigenvalue weighted by Crippen LogP contribution is -2.50. The molecule has 8 nitrogen and oxygen atoms in total. The summed E-state index contributed by atoms with van der Waals surface area (Å²) in [6, 6.07) is 10.1. The summed E-state index contributed by atoms with van der Waals surface area (Å²) >= 11 is 6.12. The lowest BCUT2D eigenvalue weighted by Gasteiger charge is -2.36. The quantitative estimate of drug-likeness (QED) is 0.418. The van der Waals surface area contributed by atoms with Gasteiger partial charge in [-0.15, -0.1) is 0 Å². The molecule has 1 heterocycles.